The summed E-state index contributed by atoms with van der Waals surface area (Å²) in [7, 11) is 1.70. The van der Waals surface area contributed by atoms with Crippen molar-refractivity contribution in [2.75, 3.05) is 7.11 Å². The van der Waals surface area contributed by atoms with Gasteiger partial charge in [0.2, 0.25) is 0 Å². The zero-order valence-electron chi connectivity index (χ0n) is 12.5. The van der Waals surface area contributed by atoms with Gasteiger partial charge >= 0.3 is 6.61 Å². The molecule has 0 aliphatic carbocycles. The predicted octanol–water partition coefficient (Wildman–Crippen LogP) is 3.58. The third-order valence-corrected chi connectivity index (χ3v) is 3.15. The Kier molecular flexibility index (Phi) is 6.36. The Bertz CT molecular complexity index is 393. The van der Waals surface area contributed by atoms with Gasteiger partial charge in [0, 0.05) is 19.7 Å². The molecule has 0 aliphatic heterocycles. The number of halogens is 2. The number of rotatable bonds is 8. The van der Waals surface area contributed by atoms with Crippen LogP contribution in [0.2, 0.25) is 0 Å². The molecule has 1 atom stereocenters. The fourth-order valence-electron chi connectivity index (χ4n) is 1.97. The molecule has 1 aromatic rings. The smallest absolute Gasteiger partial charge is 0.387 e. The normalized spacial score (nSPS) is 13.6. The Labute approximate surface area is 119 Å². The lowest BCUT2D eigenvalue weighted by Crippen LogP contribution is -2.35. The van der Waals surface area contributed by atoms with Crippen molar-refractivity contribution in [2.24, 2.45) is 0 Å². The lowest BCUT2D eigenvalue weighted by atomic mass is 10.00. The summed E-state index contributed by atoms with van der Waals surface area (Å²) in [5, 5.41) is 3.38. The third-order valence-electron chi connectivity index (χ3n) is 3.15. The van der Waals surface area contributed by atoms with Gasteiger partial charge in [-0.25, -0.2) is 0 Å². The Morgan fingerprint density at radius 2 is 1.80 bits per heavy atom. The Balaban J connectivity index is 2.42. The maximum Gasteiger partial charge on any atom is 0.387 e. The lowest BCUT2D eigenvalue weighted by Gasteiger charge is -2.27. The van der Waals surface area contributed by atoms with Gasteiger partial charge in [-0.3, -0.25) is 0 Å². The summed E-state index contributed by atoms with van der Waals surface area (Å²) in [6.45, 7) is 4.07. The Morgan fingerprint density at radius 3 is 2.30 bits per heavy atom. The second-order valence-electron chi connectivity index (χ2n) is 5.47. The van der Waals surface area contributed by atoms with E-state index >= 15 is 0 Å². The molecule has 0 heterocycles. The summed E-state index contributed by atoms with van der Waals surface area (Å²) in [4.78, 5) is 0. The highest BCUT2D eigenvalue weighted by Crippen LogP contribution is 2.17. The number of hydrogen-bond donors (Lipinski definition) is 1. The lowest BCUT2D eigenvalue weighted by molar-refractivity contribution is -0.0498. The second kappa shape index (κ2) is 7.55. The topological polar surface area (TPSA) is 30.5 Å². The molecule has 0 amide bonds. The molecular weight excluding hydrogens is 264 g/mol. The van der Waals surface area contributed by atoms with Gasteiger partial charge in [-0.15, -0.1) is 0 Å². The maximum absolute atomic E-state index is 12.0. The molecule has 1 unspecified atom stereocenters. The molecule has 0 saturated heterocycles. The first-order valence-corrected chi connectivity index (χ1v) is 6.64. The van der Waals surface area contributed by atoms with E-state index in [0.717, 1.165) is 12.0 Å². The van der Waals surface area contributed by atoms with E-state index in [0.29, 0.717) is 12.6 Å². The van der Waals surface area contributed by atoms with E-state index in [9.17, 15) is 8.78 Å². The van der Waals surface area contributed by atoms with Crippen LogP contribution < -0.4 is 10.1 Å². The average Bonchev–Trinajstić information content (AvgIpc) is 2.37. The van der Waals surface area contributed by atoms with Gasteiger partial charge < -0.3 is 14.8 Å². The fraction of sp³-hybridized carbons (Fsp3) is 0.600. The summed E-state index contributed by atoms with van der Waals surface area (Å²) < 4.78 is 33.7. The van der Waals surface area contributed by atoms with Gasteiger partial charge in [0.1, 0.15) is 5.75 Å². The molecule has 0 spiro atoms. The van der Waals surface area contributed by atoms with Crippen LogP contribution in [0.15, 0.2) is 24.3 Å². The molecule has 20 heavy (non-hydrogen) atoms. The van der Waals surface area contributed by atoms with E-state index in [-0.39, 0.29) is 11.4 Å². The standard InChI is InChI=1S/C15H23F2NO2/c1-11(9-15(2,3)19-4)18-10-12-5-7-13(8-6-12)20-14(16)17/h5-8,11,14,18H,9-10H2,1-4H3. The summed E-state index contributed by atoms with van der Waals surface area (Å²) in [5.41, 5.74) is 0.857. The van der Waals surface area contributed by atoms with Gasteiger partial charge in [-0.05, 0) is 44.9 Å². The molecule has 1 aromatic carbocycles. The second-order valence-corrected chi connectivity index (χ2v) is 5.47. The van der Waals surface area contributed by atoms with Crippen molar-refractivity contribution in [1.29, 1.82) is 0 Å². The zero-order chi connectivity index (χ0) is 15.2. The van der Waals surface area contributed by atoms with Gasteiger partial charge in [0.15, 0.2) is 0 Å². The van der Waals surface area contributed by atoms with Crippen molar-refractivity contribution < 1.29 is 18.3 Å². The van der Waals surface area contributed by atoms with Gasteiger partial charge in [-0.1, -0.05) is 12.1 Å². The molecular formula is C15H23F2NO2. The Morgan fingerprint density at radius 1 is 1.20 bits per heavy atom. The van der Waals surface area contributed by atoms with Gasteiger partial charge in [0.25, 0.3) is 0 Å². The Hall–Kier alpha value is -1.20. The summed E-state index contributed by atoms with van der Waals surface area (Å²) in [5.74, 6) is 0.178. The zero-order valence-corrected chi connectivity index (χ0v) is 12.5. The molecule has 1 rings (SSSR count). The highest BCUT2D eigenvalue weighted by Gasteiger charge is 2.19. The largest absolute Gasteiger partial charge is 0.435 e. The molecule has 0 radical (unpaired) electrons. The van der Waals surface area contributed by atoms with Crippen molar-refractivity contribution in [3.05, 3.63) is 29.8 Å². The van der Waals surface area contributed by atoms with Crippen LogP contribution in [-0.4, -0.2) is 25.4 Å². The first-order chi connectivity index (χ1) is 9.32. The van der Waals surface area contributed by atoms with Crippen molar-refractivity contribution >= 4 is 0 Å². The van der Waals surface area contributed by atoms with Crippen molar-refractivity contribution in [2.45, 2.75) is 52.0 Å². The first kappa shape index (κ1) is 16.9. The summed E-state index contributed by atoms with van der Waals surface area (Å²) in [6.07, 6.45) is 0.885. The number of methoxy groups -OCH3 is 1. The van der Waals surface area contributed by atoms with Gasteiger partial charge in [-0.2, -0.15) is 8.78 Å². The van der Waals surface area contributed by atoms with Crippen LogP contribution in [0.3, 0.4) is 0 Å². The molecule has 0 fully saturated rings. The predicted molar refractivity (Wildman–Crippen MR) is 75.1 cm³/mol. The van der Waals surface area contributed by atoms with Crippen LogP contribution in [0, 0.1) is 0 Å². The molecule has 0 saturated carbocycles. The van der Waals surface area contributed by atoms with Crippen LogP contribution in [0.5, 0.6) is 5.75 Å². The average molecular weight is 287 g/mol. The van der Waals surface area contributed by atoms with Crippen molar-refractivity contribution in [1.82, 2.24) is 5.32 Å². The van der Waals surface area contributed by atoms with E-state index < -0.39 is 6.61 Å². The number of alkyl halides is 2. The number of ether oxygens (including phenoxy) is 2. The molecule has 5 heteroatoms. The van der Waals surface area contributed by atoms with Crippen LogP contribution >= 0.6 is 0 Å². The van der Waals surface area contributed by atoms with Crippen LogP contribution in [0.25, 0.3) is 0 Å². The molecule has 114 valence electrons. The van der Waals surface area contributed by atoms with Crippen LogP contribution in [-0.2, 0) is 11.3 Å². The number of hydrogen-bond acceptors (Lipinski definition) is 3. The number of nitrogens with one attached hydrogen (secondary N) is 1. The van der Waals surface area contributed by atoms with Crippen molar-refractivity contribution in [3.63, 3.8) is 0 Å². The molecule has 0 bridgehead atoms. The van der Waals surface area contributed by atoms with E-state index in [1.807, 2.05) is 13.8 Å². The fourth-order valence-corrected chi connectivity index (χ4v) is 1.97. The van der Waals surface area contributed by atoms with E-state index in [4.69, 9.17) is 4.74 Å². The number of benzene rings is 1. The monoisotopic (exact) mass is 287 g/mol. The quantitative estimate of drug-likeness (QED) is 0.792. The summed E-state index contributed by atoms with van der Waals surface area (Å²) >= 11 is 0. The minimum atomic E-state index is -2.78. The molecule has 1 N–H and O–H groups in total. The molecule has 3 nitrogen and oxygen atoms in total. The highest BCUT2D eigenvalue weighted by molar-refractivity contribution is 5.27. The van der Waals surface area contributed by atoms with Crippen LogP contribution in [0.4, 0.5) is 8.78 Å². The van der Waals surface area contributed by atoms with E-state index in [2.05, 4.69) is 17.0 Å². The third kappa shape index (κ3) is 6.30. The highest BCUT2D eigenvalue weighted by atomic mass is 19.3. The van der Waals surface area contributed by atoms with E-state index in [1.54, 1.807) is 31.4 Å². The van der Waals surface area contributed by atoms with E-state index in [1.165, 1.54) is 0 Å². The summed E-state index contributed by atoms with van der Waals surface area (Å²) in [6, 6.07) is 6.94. The first-order valence-electron chi connectivity index (χ1n) is 6.64. The van der Waals surface area contributed by atoms with Crippen LogP contribution in [0.1, 0.15) is 32.8 Å². The molecule has 0 aliphatic rings. The maximum atomic E-state index is 12.0. The molecule has 0 aromatic heterocycles. The van der Waals surface area contributed by atoms with Crippen molar-refractivity contribution in [3.8, 4) is 5.75 Å². The SMILES string of the molecule is COC(C)(C)CC(C)NCc1ccc(OC(F)F)cc1. The minimum Gasteiger partial charge on any atom is -0.435 e. The minimum absolute atomic E-state index is 0.165. The van der Waals surface area contributed by atoms with Gasteiger partial charge in [0.05, 0.1) is 5.60 Å².